The number of nitrogens with one attached hydrogen (secondary N) is 1. The van der Waals surface area contributed by atoms with Crippen molar-refractivity contribution in [1.29, 1.82) is 0 Å². The molecule has 3 aromatic carbocycles. The van der Waals surface area contributed by atoms with Gasteiger partial charge in [0.2, 0.25) is 0 Å². The number of hydrogen-bond acceptors (Lipinski definition) is 2. The number of halogens is 1. The van der Waals surface area contributed by atoms with Crippen LogP contribution in [0.2, 0.25) is 0 Å². The van der Waals surface area contributed by atoms with Crippen LogP contribution in [0, 0.1) is 0 Å². The molecule has 0 spiro atoms. The lowest BCUT2D eigenvalue weighted by Gasteiger charge is -2.17. The summed E-state index contributed by atoms with van der Waals surface area (Å²) in [5, 5.41) is 5.14. The first kappa shape index (κ1) is 16.5. The van der Waals surface area contributed by atoms with Crippen LogP contribution in [0.4, 0.5) is 5.69 Å². The standard InChI is InChI=1S/C20H18BrNO2/c1-2-19(20(23)22-17-9-5-8-16(21)13-17)24-18-11-10-14-6-3-4-7-15(14)12-18/h3-13,19H,2H2,1H3,(H,22,23)/t19-/m1/s1. The largest absolute Gasteiger partial charge is 0.481 e. The number of carbonyl (C=O) groups excluding carboxylic acids is 1. The number of rotatable bonds is 5. The molecule has 0 unspecified atom stereocenters. The molecule has 0 aliphatic heterocycles. The van der Waals surface area contributed by atoms with Gasteiger partial charge in [-0.25, -0.2) is 0 Å². The van der Waals surface area contributed by atoms with Gasteiger partial charge in [0.1, 0.15) is 5.75 Å². The Balaban J connectivity index is 1.74. The Hall–Kier alpha value is -2.33. The Labute approximate surface area is 149 Å². The maximum atomic E-state index is 12.5. The van der Waals surface area contributed by atoms with Crippen LogP contribution in [-0.4, -0.2) is 12.0 Å². The summed E-state index contributed by atoms with van der Waals surface area (Å²) >= 11 is 3.40. The van der Waals surface area contributed by atoms with Crippen molar-refractivity contribution < 1.29 is 9.53 Å². The highest BCUT2D eigenvalue weighted by atomic mass is 79.9. The van der Waals surface area contributed by atoms with E-state index in [1.165, 1.54) is 0 Å². The van der Waals surface area contributed by atoms with E-state index in [9.17, 15) is 4.79 Å². The van der Waals surface area contributed by atoms with E-state index in [1.54, 1.807) is 0 Å². The van der Waals surface area contributed by atoms with E-state index in [2.05, 4.69) is 27.3 Å². The van der Waals surface area contributed by atoms with Gasteiger partial charge < -0.3 is 10.1 Å². The predicted molar refractivity (Wildman–Crippen MR) is 101 cm³/mol. The summed E-state index contributed by atoms with van der Waals surface area (Å²) in [7, 11) is 0. The smallest absolute Gasteiger partial charge is 0.265 e. The molecule has 0 aliphatic carbocycles. The first-order valence-electron chi connectivity index (χ1n) is 7.87. The zero-order valence-corrected chi connectivity index (χ0v) is 14.9. The van der Waals surface area contributed by atoms with E-state index in [1.807, 2.05) is 67.6 Å². The fraction of sp³-hybridized carbons (Fsp3) is 0.150. The van der Waals surface area contributed by atoms with Crippen molar-refractivity contribution in [2.45, 2.75) is 19.4 Å². The highest BCUT2D eigenvalue weighted by molar-refractivity contribution is 9.10. The maximum absolute atomic E-state index is 12.5. The van der Waals surface area contributed by atoms with Crippen molar-refractivity contribution >= 4 is 38.3 Å². The Kier molecular flexibility index (Phi) is 5.16. The van der Waals surface area contributed by atoms with Gasteiger partial charge in [-0.05, 0) is 47.5 Å². The minimum absolute atomic E-state index is 0.149. The molecule has 0 saturated heterocycles. The van der Waals surface area contributed by atoms with Crippen molar-refractivity contribution in [2.75, 3.05) is 5.32 Å². The number of anilines is 1. The summed E-state index contributed by atoms with van der Waals surface area (Å²) in [5.41, 5.74) is 0.745. The molecule has 3 aromatic rings. The lowest BCUT2D eigenvalue weighted by atomic mass is 10.1. The van der Waals surface area contributed by atoms with Gasteiger partial charge in [-0.1, -0.05) is 59.3 Å². The molecule has 24 heavy (non-hydrogen) atoms. The average molecular weight is 384 g/mol. The lowest BCUT2D eigenvalue weighted by molar-refractivity contribution is -0.122. The highest BCUT2D eigenvalue weighted by Gasteiger charge is 2.18. The molecule has 4 heteroatoms. The van der Waals surface area contributed by atoms with Crippen molar-refractivity contribution in [2.24, 2.45) is 0 Å². The van der Waals surface area contributed by atoms with Gasteiger partial charge in [-0.2, -0.15) is 0 Å². The molecule has 0 saturated carbocycles. The van der Waals surface area contributed by atoms with Crippen LogP contribution in [0.3, 0.4) is 0 Å². The number of amides is 1. The number of fused-ring (bicyclic) bond motifs is 1. The summed E-state index contributed by atoms with van der Waals surface area (Å²) in [5.74, 6) is 0.550. The molecule has 0 fully saturated rings. The maximum Gasteiger partial charge on any atom is 0.265 e. The van der Waals surface area contributed by atoms with Gasteiger partial charge in [-0.3, -0.25) is 4.79 Å². The molecule has 0 aliphatic rings. The summed E-state index contributed by atoms with van der Waals surface area (Å²) in [6.45, 7) is 1.94. The molecule has 1 atom stereocenters. The van der Waals surface area contributed by atoms with Gasteiger partial charge in [-0.15, -0.1) is 0 Å². The summed E-state index contributed by atoms with van der Waals surface area (Å²) < 4.78 is 6.83. The van der Waals surface area contributed by atoms with Crippen molar-refractivity contribution in [1.82, 2.24) is 0 Å². The Bertz CT molecular complexity index is 863. The predicted octanol–water partition coefficient (Wildman–Crippen LogP) is 5.40. The average Bonchev–Trinajstić information content (AvgIpc) is 2.59. The summed E-state index contributed by atoms with van der Waals surface area (Å²) in [6.07, 6.45) is 0.0530. The Morgan fingerprint density at radius 2 is 1.83 bits per heavy atom. The SMILES string of the molecule is CC[C@@H](Oc1ccc2ccccc2c1)C(=O)Nc1cccc(Br)c1. The second-order valence-corrected chi connectivity index (χ2v) is 6.44. The third-order valence-electron chi connectivity index (χ3n) is 3.75. The summed E-state index contributed by atoms with van der Waals surface area (Å²) in [4.78, 5) is 12.5. The molecule has 1 N–H and O–H groups in total. The van der Waals surface area contributed by atoms with E-state index >= 15 is 0 Å². The number of hydrogen-bond donors (Lipinski definition) is 1. The lowest BCUT2D eigenvalue weighted by Crippen LogP contribution is -2.32. The fourth-order valence-corrected chi connectivity index (χ4v) is 2.92. The van der Waals surface area contributed by atoms with Crippen molar-refractivity contribution in [3.63, 3.8) is 0 Å². The monoisotopic (exact) mass is 383 g/mol. The molecule has 0 radical (unpaired) electrons. The van der Waals surface area contributed by atoms with Crippen LogP contribution >= 0.6 is 15.9 Å². The molecule has 0 bridgehead atoms. The molecule has 1 amide bonds. The number of carbonyl (C=O) groups is 1. The van der Waals surface area contributed by atoms with Crippen LogP contribution in [-0.2, 0) is 4.79 Å². The minimum atomic E-state index is -0.537. The van der Waals surface area contributed by atoms with Crippen molar-refractivity contribution in [3.05, 3.63) is 71.2 Å². The number of ether oxygens (including phenoxy) is 1. The van der Waals surface area contributed by atoms with Crippen LogP contribution in [0.25, 0.3) is 10.8 Å². The van der Waals surface area contributed by atoms with E-state index in [0.29, 0.717) is 12.2 Å². The van der Waals surface area contributed by atoms with Gasteiger partial charge in [0, 0.05) is 10.2 Å². The topological polar surface area (TPSA) is 38.3 Å². The minimum Gasteiger partial charge on any atom is -0.481 e. The molecular formula is C20H18BrNO2. The third-order valence-corrected chi connectivity index (χ3v) is 4.25. The first-order chi connectivity index (χ1) is 11.7. The van der Waals surface area contributed by atoms with Crippen LogP contribution in [0.15, 0.2) is 71.2 Å². The molecular weight excluding hydrogens is 366 g/mol. The number of benzene rings is 3. The first-order valence-corrected chi connectivity index (χ1v) is 8.67. The second kappa shape index (κ2) is 7.49. The molecule has 0 aromatic heterocycles. The van der Waals surface area contributed by atoms with Gasteiger partial charge in [0.15, 0.2) is 6.10 Å². The van der Waals surface area contributed by atoms with Crippen LogP contribution < -0.4 is 10.1 Å². The van der Waals surface area contributed by atoms with Gasteiger partial charge in [0.05, 0.1) is 0 Å². The molecule has 0 heterocycles. The van der Waals surface area contributed by atoms with E-state index in [-0.39, 0.29) is 5.91 Å². The molecule has 3 rings (SSSR count). The fourth-order valence-electron chi connectivity index (χ4n) is 2.52. The highest BCUT2D eigenvalue weighted by Crippen LogP contribution is 2.22. The zero-order valence-electron chi connectivity index (χ0n) is 13.3. The quantitative estimate of drug-likeness (QED) is 0.640. The van der Waals surface area contributed by atoms with Gasteiger partial charge >= 0.3 is 0 Å². The van der Waals surface area contributed by atoms with E-state index in [0.717, 1.165) is 20.9 Å². The normalized spacial score (nSPS) is 11.9. The Morgan fingerprint density at radius 3 is 2.58 bits per heavy atom. The van der Waals surface area contributed by atoms with Gasteiger partial charge in [0.25, 0.3) is 5.91 Å². The Morgan fingerprint density at radius 1 is 1.04 bits per heavy atom. The summed E-state index contributed by atoms with van der Waals surface area (Å²) in [6, 6.07) is 21.5. The van der Waals surface area contributed by atoms with Crippen LogP contribution in [0.5, 0.6) is 5.75 Å². The second-order valence-electron chi connectivity index (χ2n) is 5.52. The van der Waals surface area contributed by atoms with Crippen LogP contribution in [0.1, 0.15) is 13.3 Å². The third kappa shape index (κ3) is 3.95. The van der Waals surface area contributed by atoms with Crippen molar-refractivity contribution in [3.8, 4) is 5.75 Å². The van der Waals surface area contributed by atoms with E-state index < -0.39 is 6.10 Å². The zero-order chi connectivity index (χ0) is 16.9. The molecule has 122 valence electrons. The molecule has 3 nitrogen and oxygen atoms in total. The van der Waals surface area contributed by atoms with E-state index in [4.69, 9.17) is 4.74 Å².